The van der Waals surface area contributed by atoms with E-state index in [9.17, 15) is 9.18 Å². The molecule has 0 spiro atoms. The number of amides is 1. The molecule has 0 bridgehead atoms. The van der Waals surface area contributed by atoms with Crippen LogP contribution in [0.15, 0.2) is 90.0 Å². The van der Waals surface area contributed by atoms with Crippen LogP contribution in [0.25, 0.3) is 10.9 Å². The number of fused-ring (bicyclic) bond motifs is 1. The fourth-order valence-electron chi connectivity index (χ4n) is 3.48. The number of carbonyl (C=O) groups excluding carboxylic acids is 1. The van der Waals surface area contributed by atoms with E-state index >= 15 is 0 Å². The third-order valence-electron chi connectivity index (χ3n) is 4.93. The largest absolute Gasteiger partial charge is 0.355 e. The van der Waals surface area contributed by atoms with Crippen LogP contribution in [0.1, 0.15) is 11.1 Å². The molecule has 0 aliphatic carbocycles. The molecule has 0 atom stereocenters. The van der Waals surface area contributed by atoms with Crippen molar-refractivity contribution < 1.29 is 9.18 Å². The van der Waals surface area contributed by atoms with E-state index in [2.05, 4.69) is 40.3 Å². The van der Waals surface area contributed by atoms with E-state index in [1.807, 2.05) is 36.4 Å². The third-order valence-corrected chi connectivity index (χ3v) is 5.97. The maximum Gasteiger partial charge on any atom is 0.230 e. The number of nitrogens with zero attached hydrogens (tertiary/aromatic N) is 1. The molecular formula is C25H23FN2OS. The minimum Gasteiger partial charge on any atom is -0.355 e. The molecule has 0 unspecified atom stereocenters. The number of thioether (sulfide) groups is 1. The van der Waals surface area contributed by atoms with Gasteiger partial charge < -0.3 is 9.88 Å². The van der Waals surface area contributed by atoms with Crippen molar-refractivity contribution in [1.29, 1.82) is 0 Å². The molecule has 0 aliphatic rings. The predicted molar refractivity (Wildman–Crippen MR) is 121 cm³/mol. The highest BCUT2D eigenvalue weighted by atomic mass is 32.2. The first-order chi connectivity index (χ1) is 14.7. The Morgan fingerprint density at radius 2 is 1.70 bits per heavy atom. The van der Waals surface area contributed by atoms with Gasteiger partial charge in [-0.25, -0.2) is 4.39 Å². The summed E-state index contributed by atoms with van der Waals surface area (Å²) in [5.41, 5.74) is 3.20. The number of rotatable bonds is 8. The highest BCUT2D eigenvalue weighted by Gasteiger charge is 2.11. The van der Waals surface area contributed by atoms with Gasteiger partial charge in [0.2, 0.25) is 5.91 Å². The number of nitrogens with one attached hydrogen (secondary N) is 1. The standard InChI is InChI=1S/C25H23FN2OS/c26-21-10-6-9-20(15-21)16-28-17-24(22-11-4-5-12-23(22)28)30-18-25(29)27-14-13-19-7-2-1-3-8-19/h1-12,15,17H,13-14,16,18H2,(H,27,29). The molecule has 0 fully saturated rings. The van der Waals surface area contributed by atoms with Gasteiger partial charge in [-0.1, -0.05) is 60.7 Å². The van der Waals surface area contributed by atoms with Crippen molar-refractivity contribution in [2.75, 3.05) is 12.3 Å². The molecule has 3 nitrogen and oxygen atoms in total. The van der Waals surface area contributed by atoms with E-state index in [4.69, 9.17) is 0 Å². The fraction of sp³-hybridized carbons (Fsp3) is 0.160. The summed E-state index contributed by atoms with van der Waals surface area (Å²) in [6, 6.07) is 24.9. The number of halogens is 1. The van der Waals surface area contributed by atoms with Crippen LogP contribution < -0.4 is 5.32 Å². The summed E-state index contributed by atoms with van der Waals surface area (Å²) in [6.45, 7) is 1.22. The summed E-state index contributed by atoms with van der Waals surface area (Å²) in [7, 11) is 0. The van der Waals surface area contributed by atoms with Crippen molar-refractivity contribution in [2.24, 2.45) is 0 Å². The van der Waals surface area contributed by atoms with Crippen LogP contribution >= 0.6 is 11.8 Å². The van der Waals surface area contributed by atoms with Crippen molar-refractivity contribution in [3.8, 4) is 0 Å². The van der Waals surface area contributed by atoms with E-state index < -0.39 is 0 Å². The quantitative estimate of drug-likeness (QED) is 0.395. The molecule has 152 valence electrons. The molecule has 4 rings (SSSR count). The lowest BCUT2D eigenvalue weighted by Crippen LogP contribution is -2.27. The maximum absolute atomic E-state index is 13.6. The first kappa shape index (κ1) is 20.2. The second kappa shape index (κ2) is 9.63. The number of benzene rings is 3. The Morgan fingerprint density at radius 3 is 2.53 bits per heavy atom. The topological polar surface area (TPSA) is 34.0 Å². The van der Waals surface area contributed by atoms with Crippen LogP contribution in [0.2, 0.25) is 0 Å². The van der Waals surface area contributed by atoms with E-state index in [0.717, 1.165) is 27.8 Å². The minimum absolute atomic E-state index is 0.0258. The Hall–Kier alpha value is -3.05. The first-order valence-corrected chi connectivity index (χ1v) is 10.9. The molecule has 1 N–H and O–H groups in total. The molecule has 1 heterocycles. The van der Waals surface area contributed by atoms with E-state index in [-0.39, 0.29) is 11.7 Å². The third kappa shape index (κ3) is 5.10. The molecule has 30 heavy (non-hydrogen) atoms. The monoisotopic (exact) mass is 418 g/mol. The average Bonchev–Trinajstić information content (AvgIpc) is 3.11. The molecule has 0 saturated heterocycles. The van der Waals surface area contributed by atoms with Gasteiger partial charge in [-0.3, -0.25) is 4.79 Å². The molecular weight excluding hydrogens is 395 g/mol. The van der Waals surface area contributed by atoms with Gasteiger partial charge >= 0.3 is 0 Å². The van der Waals surface area contributed by atoms with Crippen LogP contribution in [0.3, 0.4) is 0 Å². The fourth-order valence-corrected chi connectivity index (χ4v) is 4.39. The van der Waals surface area contributed by atoms with Crippen LogP contribution in [0, 0.1) is 5.82 Å². The molecule has 4 aromatic rings. The lowest BCUT2D eigenvalue weighted by molar-refractivity contribution is -0.118. The summed E-state index contributed by atoms with van der Waals surface area (Å²) in [4.78, 5) is 13.4. The van der Waals surface area contributed by atoms with Gasteiger partial charge in [0.05, 0.1) is 5.75 Å². The Balaban J connectivity index is 1.39. The van der Waals surface area contributed by atoms with Gasteiger partial charge in [0.25, 0.3) is 0 Å². The van der Waals surface area contributed by atoms with E-state index in [1.165, 1.54) is 23.4 Å². The van der Waals surface area contributed by atoms with Crippen molar-refractivity contribution >= 4 is 28.6 Å². The SMILES string of the molecule is O=C(CSc1cn(Cc2cccc(F)c2)c2ccccc12)NCCc1ccccc1. The van der Waals surface area contributed by atoms with Gasteiger partial charge in [-0.15, -0.1) is 11.8 Å². The predicted octanol–water partition coefficient (Wildman–Crippen LogP) is 5.28. The highest BCUT2D eigenvalue weighted by Crippen LogP contribution is 2.30. The van der Waals surface area contributed by atoms with Crippen LogP contribution in [-0.2, 0) is 17.8 Å². The Kier molecular flexibility index (Phi) is 6.50. The molecule has 3 aromatic carbocycles. The zero-order valence-electron chi connectivity index (χ0n) is 16.6. The Morgan fingerprint density at radius 1 is 0.933 bits per heavy atom. The number of para-hydroxylation sites is 1. The normalized spacial score (nSPS) is 11.0. The summed E-state index contributed by atoms with van der Waals surface area (Å²) in [5.74, 6) is 0.159. The summed E-state index contributed by atoms with van der Waals surface area (Å²) >= 11 is 1.53. The van der Waals surface area contributed by atoms with E-state index in [0.29, 0.717) is 18.8 Å². The van der Waals surface area contributed by atoms with Gasteiger partial charge in [0.15, 0.2) is 0 Å². The average molecular weight is 419 g/mol. The first-order valence-electron chi connectivity index (χ1n) is 9.95. The van der Waals surface area contributed by atoms with Crippen molar-refractivity contribution in [3.63, 3.8) is 0 Å². The number of aromatic nitrogens is 1. The second-order valence-electron chi connectivity index (χ2n) is 7.14. The van der Waals surface area contributed by atoms with Gasteiger partial charge in [0, 0.05) is 35.1 Å². The van der Waals surface area contributed by atoms with Gasteiger partial charge in [-0.05, 0) is 35.7 Å². The van der Waals surface area contributed by atoms with Crippen LogP contribution in [0.4, 0.5) is 4.39 Å². The molecule has 0 aliphatic heterocycles. The van der Waals surface area contributed by atoms with Crippen molar-refractivity contribution in [1.82, 2.24) is 9.88 Å². The molecule has 5 heteroatoms. The smallest absolute Gasteiger partial charge is 0.230 e. The summed E-state index contributed by atoms with van der Waals surface area (Å²) < 4.78 is 15.7. The highest BCUT2D eigenvalue weighted by molar-refractivity contribution is 8.00. The number of hydrogen-bond acceptors (Lipinski definition) is 2. The zero-order chi connectivity index (χ0) is 20.8. The minimum atomic E-state index is -0.231. The van der Waals surface area contributed by atoms with E-state index in [1.54, 1.807) is 12.1 Å². The lowest BCUT2D eigenvalue weighted by atomic mass is 10.1. The van der Waals surface area contributed by atoms with Crippen LogP contribution in [0.5, 0.6) is 0 Å². The summed E-state index contributed by atoms with van der Waals surface area (Å²) in [6.07, 6.45) is 2.88. The Bertz CT molecular complexity index is 1140. The van der Waals surface area contributed by atoms with Crippen molar-refractivity contribution in [3.05, 3.63) is 102 Å². The molecule has 1 aromatic heterocycles. The molecule has 0 radical (unpaired) electrons. The number of hydrogen-bond donors (Lipinski definition) is 1. The lowest BCUT2D eigenvalue weighted by Gasteiger charge is -2.05. The van der Waals surface area contributed by atoms with Crippen LogP contribution in [-0.4, -0.2) is 22.8 Å². The van der Waals surface area contributed by atoms with Gasteiger partial charge in [-0.2, -0.15) is 0 Å². The molecule has 0 saturated carbocycles. The summed E-state index contributed by atoms with van der Waals surface area (Å²) in [5, 5.41) is 4.10. The van der Waals surface area contributed by atoms with Crippen molar-refractivity contribution in [2.45, 2.75) is 17.9 Å². The maximum atomic E-state index is 13.6. The zero-order valence-corrected chi connectivity index (χ0v) is 17.4. The van der Waals surface area contributed by atoms with Gasteiger partial charge in [0.1, 0.15) is 5.82 Å². The molecule has 1 amide bonds. The number of carbonyl (C=O) groups is 1. The Labute approximate surface area is 179 Å². The second-order valence-corrected chi connectivity index (χ2v) is 8.16.